The van der Waals surface area contributed by atoms with Gasteiger partial charge in [-0.2, -0.15) is 0 Å². The molecule has 1 unspecified atom stereocenters. The number of ketones is 1. The molecule has 4 fully saturated rings. The molecule has 4 aliphatic rings. The molecule has 6 rings (SSSR count). The minimum Gasteiger partial charge on any atom is -0.459 e. The van der Waals surface area contributed by atoms with E-state index in [9.17, 15) is 19.8 Å². The van der Waals surface area contributed by atoms with Crippen molar-refractivity contribution < 1.29 is 43.5 Å². The van der Waals surface area contributed by atoms with E-state index in [1.165, 1.54) is 6.92 Å². The van der Waals surface area contributed by atoms with E-state index in [0.29, 0.717) is 25.8 Å². The van der Waals surface area contributed by atoms with E-state index in [4.69, 9.17) is 23.7 Å². The summed E-state index contributed by atoms with van der Waals surface area (Å²) in [5.74, 6) is -3.19. The van der Waals surface area contributed by atoms with E-state index >= 15 is 0 Å². The molecule has 4 aliphatic heterocycles. The van der Waals surface area contributed by atoms with Gasteiger partial charge in [-0.15, -0.1) is 0 Å². The number of Topliss-reactive ketones (excluding diaryl/α,β-unsaturated/α-hetero) is 1. The van der Waals surface area contributed by atoms with Crippen LogP contribution in [0.2, 0.25) is 0 Å². The predicted octanol–water partition coefficient (Wildman–Crippen LogP) is 4.88. The number of likely N-dealkylation sites (N-methyl/N-ethyl adjacent to an activating group) is 2. The number of aliphatic hydroxyl groups excluding tert-OH is 1. The Balaban J connectivity index is 1.68. The molecule has 2 aromatic rings. The quantitative estimate of drug-likeness (QED) is 0.317. The molecule has 0 aliphatic carbocycles. The normalized spacial score (nSPS) is 40.0. The smallest absolute Gasteiger partial charge is 0.316 e. The van der Waals surface area contributed by atoms with Crippen molar-refractivity contribution in [1.29, 1.82) is 0 Å². The zero-order chi connectivity index (χ0) is 40.4. The fraction of sp³-hybridized carbons (Fsp3) is 0.698. The van der Waals surface area contributed by atoms with Crippen LogP contribution in [-0.4, -0.2) is 138 Å². The van der Waals surface area contributed by atoms with Gasteiger partial charge in [0.2, 0.25) is 0 Å². The maximum absolute atomic E-state index is 14.5. The first-order valence-corrected chi connectivity index (χ1v) is 20.0. The minimum atomic E-state index is -1.63. The number of aromatic nitrogens is 1. The number of pyridine rings is 1. The van der Waals surface area contributed by atoms with Gasteiger partial charge in [0.15, 0.2) is 12.1 Å². The molecular weight excluding hydrogens is 702 g/mol. The van der Waals surface area contributed by atoms with Gasteiger partial charge in [0.1, 0.15) is 29.8 Å². The summed E-state index contributed by atoms with van der Waals surface area (Å²) in [7, 11) is 5.82. The number of carbonyl (C=O) groups is 2. The number of carbonyl (C=O) groups excluding carboxylic acids is 2. The summed E-state index contributed by atoms with van der Waals surface area (Å²) in [4.78, 5) is 37.2. The molecule has 5 heterocycles. The zero-order valence-electron chi connectivity index (χ0n) is 34.7. The van der Waals surface area contributed by atoms with E-state index in [0.717, 1.165) is 22.0 Å². The number of rotatable bonds is 5. The van der Waals surface area contributed by atoms with E-state index in [2.05, 4.69) is 22.9 Å². The molecule has 12 nitrogen and oxygen atoms in total. The highest BCUT2D eigenvalue weighted by Gasteiger charge is 2.51. The van der Waals surface area contributed by atoms with Crippen LogP contribution in [0.4, 0.5) is 0 Å². The van der Waals surface area contributed by atoms with Crippen molar-refractivity contribution in [2.75, 3.05) is 40.9 Å². The summed E-state index contributed by atoms with van der Waals surface area (Å²) in [5.41, 5.74) is -0.265. The molecule has 306 valence electrons. The second kappa shape index (κ2) is 17.8. The third-order valence-electron chi connectivity index (χ3n) is 12.2. The van der Waals surface area contributed by atoms with Gasteiger partial charge < -0.3 is 43.7 Å². The highest BCUT2D eigenvalue weighted by molar-refractivity contribution is 6.00. The second-order valence-corrected chi connectivity index (χ2v) is 17.2. The Morgan fingerprint density at radius 1 is 1.09 bits per heavy atom. The standard InChI is InChI=1S/C43H65N3O9/c1-12-35-43(8,50)39-29(6)46(11)22-25(2)20-42(7,52-24-31(23-51-39)18-30-19-32-15-13-14-16-33(32)44-21-30)38(27(4)36(47)28(5)40(49)54-35)55-41-37(48)34(45(9)10)17-26(3)53-41/h13-16,18-19,21,25-29,34-35,37-39,41,48,50H,12,17,20,22-24H2,1-11H3/t25-,26-,27+,28?,29-,34+,35-,37-,38-,39+,41+,42-,43-/m1/s1. The first kappa shape index (κ1) is 43.3. The predicted molar refractivity (Wildman–Crippen MR) is 211 cm³/mol. The Morgan fingerprint density at radius 2 is 1.80 bits per heavy atom. The summed E-state index contributed by atoms with van der Waals surface area (Å²) in [6.45, 7) is 15.6. The van der Waals surface area contributed by atoms with Crippen LogP contribution in [-0.2, 0) is 33.3 Å². The number of nitrogens with zero attached hydrogens (tertiary/aromatic N) is 3. The van der Waals surface area contributed by atoms with Crippen molar-refractivity contribution in [3.05, 3.63) is 47.7 Å². The molecule has 4 saturated heterocycles. The monoisotopic (exact) mass is 767 g/mol. The number of aliphatic hydroxyl groups is 2. The Bertz CT molecular complexity index is 1670. The minimum absolute atomic E-state index is 0.000968. The van der Waals surface area contributed by atoms with Crippen molar-refractivity contribution in [1.82, 2.24) is 14.8 Å². The second-order valence-electron chi connectivity index (χ2n) is 17.2. The Hall–Kier alpha value is -2.81. The van der Waals surface area contributed by atoms with E-state index in [1.54, 1.807) is 13.8 Å². The maximum atomic E-state index is 14.5. The molecule has 0 amide bonds. The molecule has 1 aromatic carbocycles. The van der Waals surface area contributed by atoms with Crippen molar-refractivity contribution in [2.24, 2.45) is 17.8 Å². The number of hydrogen-bond acceptors (Lipinski definition) is 12. The molecular formula is C43H65N3O9. The number of fused-ring (bicyclic) bond motifs is 16. The van der Waals surface area contributed by atoms with Crippen LogP contribution in [0.1, 0.15) is 80.2 Å². The van der Waals surface area contributed by atoms with Gasteiger partial charge in [-0.05, 0) is 110 Å². The average Bonchev–Trinajstić information content (AvgIpc) is 3.13. The fourth-order valence-electron chi connectivity index (χ4n) is 8.97. The first-order chi connectivity index (χ1) is 25.9. The average molecular weight is 768 g/mol. The van der Waals surface area contributed by atoms with Gasteiger partial charge in [-0.25, -0.2) is 0 Å². The van der Waals surface area contributed by atoms with Crippen LogP contribution in [0.5, 0.6) is 0 Å². The van der Waals surface area contributed by atoms with Crippen molar-refractivity contribution in [2.45, 2.75) is 135 Å². The first-order valence-electron chi connectivity index (χ1n) is 20.0. The van der Waals surface area contributed by atoms with E-state index in [-0.39, 0.29) is 37.3 Å². The molecule has 2 bridgehead atoms. The Labute approximate surface area is 327 Å². The third-order valence-corrected chi connectivity index (χ3v) is 12.2. The third kappa shape index (κ3) is 9.67. The van der Waals surface area contributed by atoms with Crippen LogP contribution in [0, 0.1) is 17.8 Å². The molecule has 0 radical (unpaired) electrons. The Kier molecular flexibility index (Phi) is 14.0. The largest absolute Gasteiger partial charge is 0.459 e. The highest BCUT2D eigenvalue weighted by atomic mass is 16.7. The van der Waals surface area contributed by atoms with Crippen LogP contribution in [0.3, 0.4) is 0 Å². The molecule has 0 spiro atoms. The lowest BCUT2D eigenvalue weighted by molar-refractivity contribution is -0.297. The van der Waals surface area contributed by atoms with Gasteiger partial charge in [0.05, 0.1) is 36.5 Å². The number of ether oxygens (including phenoxy) is 5. The fourth-order valence-corrected chi connectivity index (χ4v) is 8.97. The molecule has 0 saturated carbocycles. The van der Waals surface area contributed by atoms with Crippen LogP contribution < -0.4 is 0 Å². The van der Waals surface area contributed by atoms with Crippen LogP contribution in [0.25, 0.3) is 17.0 Å². The van der Waals surface area contributed by atoms with Gasteiger partial charge in [0, 0.05) is 36.1 Å². The van der Waals surface area contributed by atoms with Gasteiger partial charge >= 0.3 is 5.97 Å². The summed E-state index contributed by atoms with van der Waals surface area (Å²) < 4.78 is 33.0. The summed E-state index contributed by atoms with van der Waals surface area (Å²) in [6, 6.07) is 9.41. The molecule has 1 aromatic heterocycles. The lowest BCUT2D eigenvalue weighted by Gasteiger charge is -2.48. The van der Waals surface area contributed by atoms with Gasteiger partial charge in [-0.3, -0.25) is 14.6 Å². The van der Waals surface area contributed by atoms with E-state index < -0.39 is 65.5 Å². The van der Waals surface area contributed by atoms with Crippen LogP contribution >= 0.6 is 0 Å². The summed E-state index contributed by atoms with van der Waals surface area (Å²) in [5, 5.41) is 25.0. The lowest BCUT2D eigenvalue weighted by Crippen LogP contribution is -2.60. The van der Waals surface area contributed by atoms with Crippen molar-refractivity contribution in [3.8, 4) is 0 Å². The highest BCUT2D eigenvalue weighted by Crippen LogP contribution is 2.39. The number of hydrogen-bond donors (Lipinski definition) is 2. The molecule has 2 N–H and O–H groups in total. The number of esters is 1. The Morgan fingerprint density at radius 3 is 2.49 bits per heavy atom. The molecule has 13 atom stereocenters. The molecule has 12 heteroatoms. The SMILES string of the molecule is CC[C@H]1OC(=O)C(C)C(=O)[C@H](C)[C@@H](O[C@@H]2O[C@H](C)C[C@H](N(C)C)[C@H]2O)[C@@]2(C)C[C@@H](C)CN(C)[C@H](C)[C@H](OCC(=Cc3cnc4ccccc4c3)CO2)[C@]1(C)O. The maximum Gasteiger partial charge on any atom is 0.316 e. The van der Waals surface area contributed by atoms with Crippen molar-refractivity contribution in [3.63, 3.8) is 0 Å². The van der Waals surface area contributed by atoms with Crippen molar-refractivity contribution >= 4 is 28.7 Å². The van der Waals surface area contributed by atoms with Gasteiger partial charge in [-0.1, -0.05) is 39.0 Å². The lowest BCUT2D eigenvalue weighted by atomic mass is 9.78. The van der Waals surface area contributed by atoms with E-state index in [1.807, 2.05) is 90.3 Å². The topological polar surface area (TPSA) is 140 Å². The number of benzene rings is 1. The zero-order valence-corrected chi connectivity index (χ0v) is 34.7. The summed E-state index contributed by atoms with van der Waals surface area (Å²) >= 11 is 0. The summed E-state index contributed by atoms with van der Waals surface area (Å²) in [6.07, 6.45) is 0.135. The van der Waals surface area contributed by atoms with Crippen LogP contribution in [0.15, 0.2) is 42.1 Å². The van der Waals surface area contributed by atoms with Gasteiger partial charge in [0.25, 0.3) is 0 Å². The number of para-hydroxylation sites is 1. The molecule has 55 heavy (non-hydrogen) atoms.